The van der Waals surface area contributed by atoms with Crippen LogP contribution in [0, 0.1) is 0 Å². The summed E-state index contributed by atoms with van der Waals surface area (Å²) in [4.78, 5) is 32.7. The second kappa shape index (κ2) is 6.98. The molecule has 0 spiro atoms. The van der Waals surface area contributed by atoms with Gasteiger partial charge in [-0.15, -0.1) is 11.3 Å². The average Bonchev–Trinajstić information content (AvgIpc) is 3.30. The number of pyridine rings is 1. The minimum Gasteiger partial charge on any atom is -0.465 e. The van der Waals surface area contributed by atoms with Gasteiger partial charge in [-0.2, -0.15) is 0 Å². The third kappa shape index (κ3) is 3.24. The highest BCUT2D eigenvalue weighted by atomic mass is 35.5. The number of nitrogens with zero attached hydrogens (tertiary/aromatic N) is 2. The second-order valence-electron chi connectivity index (χ2n) is 5.64. The highest BCUT2D eigenvalue weighted by Crippen LogP contribution is 2.28. The summed E-state index contributed by atoms with van der Waals surface area (Å²) in [5.74, 6) is -0.386. The Kier molecular flexibility index (Phi) is 4.51. The molecule has 136 valence electrons. The van der Waals surface area contributed by atoms with E-state index in [0.29, 0.717) is 32.8 Å². The number of halogens is 1. The molecule has 0 aliphatic heterocycles. The molecular weight excluding hydrogens is 390 g/mol. The van der Waals surface area contributed by atoms with E-state index in [1.54, 1.807) is 23.8 Å². The summed E-state index contributed by atoms with van der Waals surface area (Å²) in [5.41, 5.74) is 3.26. The lowest BCUT2D eigenvalue weighted by molar-refractivity contribution is 0.0601. The van der Waals surface area contributed by atoms with Crippen molar-refractivity contribution < 1.29 is 18.7 Å². The minimum atomic E-state index is -0.547. The summed E-state index contributed by atoms with van der Waals surface area (Å²) in [6.45, 7) is 0.131. The molecule has 4 rings (SSSR count). The number of hydrogen-bond acceptors (Lipinski definition) is 7. The van der Waals surface area contributed by atoms with Crippen molar-refractivity contribution in [1.82, 2.24) is 15.3 Å². The molecule has 0 fully saturated rings. The van der Waals surface area contributed by atoms with Crippen LogP contribution in [-0.2, 0) is 11.3 Å². The maximum absolute atomic E-state index is 12.5. The lowest BCUT2D eigenvalue weighted by atomic mass is 10.1. The number of benzene rings is 1. The Morgan fingerprint density at radius 3 is 2.93 bits per heavy atom. The zero-order valence-corrected chi connectivity index (χ0v) is 15.6. The molecule has 1 N–H and O–H groups in total. The van der Waals surface area contributed by atoms with Crippen LogP contribution in [0.2, 0.25) is 5.02 Å². The standard InChI is InChI=1S/C18H12ClN3O4S/c1-25-18(24)12-4-10(19)2-9-3-11(26-16(9)12)5-21-17(23)13-6-20-7-14-15(13)22-8-27-14/h2-4,6-8H,5H2,1H3,(H,21,23). The average molecular weight is 402 g/mol. The molecule has 3 aromatic heterocycles. The highest BCUT2D eigenvalue weighted by Gasteiger charge is 2.18. The number of carbonyl (C=O) groups excluding carboxylic acids is 2. The molecule has 3 heterocycles. The van der Waals surface area contributed by atoms with Crippen LogP contribution in [0.4, 0.5) is 0 Å². The van der Waals surface area contributed by atoms with Crippen molar-refractivity contribution >= 4 is 56.0 Å². The molecule has 9 heteroatoms. The number of fused-ring (bicyclic) bond motifs is 2. The van der Waals surface area contributed by atoms with E-state index in [-0.39, 0.29) is 18.0 Å². The number of rotatable bonds is 4. The molecule has 0 saturated heterocycles. The number of esters is 1. The van der Waals surface area contributed by atoms with Gasteiger partial charge in [0.05, 0.1) is 34.9 Å². The molecule has 0 bridgehead atoms. The van der Waals surface area contributed by atoms with E-state index in [1.165, 1.54) is 30.7 Å². The fourth-order valence-electron chi connectivity index (χ4n) is 2.74. The van der Waals surface area contributed by atoms with E-state index < -0.39 is 5.97 Å². The summed E-state index contributed by atoms with van der Waals surface area (Å²) in [6.07, 6.45) is 3.15. The number of carbonyl (C=O) groups is 2. The molecular formula is C18H12ClN3O4S. The molecule has 0 radical (unpaired) electrons. The fraction of sp³-hybridized carbons (Fsp3) is 0.111. The number of amides is 1. The van der Waals surface area contributed by atoms with Crippen LogP contribution in [0.25, 0.3) is 21.2 Å². The first-order chi connectivity index (χ1) is 13.1. The summed E-state index contributed by atoms with van der Waals surface area (Å²) < 4.78 is 11.3. The summed E-state index contributed by atoms with van der Waals surface area (Å²) >= 11 is 7.47. The number of hydrogen-bond donors (Lipinski definition) is 1. The predicted molar refractivity (Wildman–Crippen MR) is 101 cm³/mol. The van der Waals surface area contributed by atoms with Gasteiger partial charge < -0.3 is 14.5 Å². The van der Waals surface area contributed by atoms with E-state index in [4.69, 9.17) is 20.8 Å². The van der Waals surface area contributed by atoms with Crippen molar-refractivity contribution in [3.8, 4) is 0 Å². The van der Waals surface area contributed by atoms with Crippen LogP contribution >= 0.6 is 22.9 Å². The van der Waals surface area contributed by atoms with E-state index >= 15 is 0 Å². The molecule has 0 aliphatic carbocycles. The number of nitrogens with one attached hydrogen (secondary N) is 1. The topological polar surface area (TPSA) is 94.3 Å². The maximum atomic E-state index is 12.5. The third-order valence-electron chi connectivity index (χ3n) is 3.95. The molecule has 1 amide bonds. The van der Waals surface area contributed by atoms with E-state index in [2.05, 4.69) is 15.3 Å². The smallest absolute Gasteiger partial charge is 0.341 e. The minimum absolute atomic E-state index is 0.131. The van der Waals surface area contributed by atoms with Gasteiger partial charge in [0.2, 0.25) is 0 Å². The van der Waals surface area contributed by atoms with Crippen molar-refractivity contribution in [3.05, 3.63) is 58.0 Å². The van der Waals surface area contributed by atoms with Gasteiger partial charge in [0, 0.05) is 22.8 Å². The zero-order chi connectivity index (χ0) is 19.0. The molecule has 27 heavy (non-hydrogen) atoms. The summed E-state index contributed by atoms with van der Waals surface area (Å²) in [6, 6.07) is 4.88. The number of ether oxygens (including phenoxy) is 1. The van der Waals surface area contributed by atoms with Gasteiger partial charge in [-0.05, 0) is 18.2 Å². The quantitative estimate of drug-likeness (QED) is 0.522. The molecule has 1 aromatic carbocycles. The van der Waals surface area contributed by atoms with Crippen LogP contribution in [0.1, 0.15) is 26.5 Å². The molecule has 0 saturated carbocycles. The normalized spacial score (nSPS) is 11.0. The van der Waals surface area contributed by atoms with Crippen molar-refractivity contribution in [1.29, 1.82) is 0 Å². The number of thiazole rings is 1. The van der Waals surface area contributed by atoms with E-state index in [0.717, 1.165) is 4.70 Å². The van der Waals surface area contributed by atoms with Crippen molar-refractivity contribution in [3.63, 3.8) is 0 Å². The third-order valence-corrected chi connectivity index (χ3v) is 4.93. The summed E-state index contributed by atoms with van der Waals surface area (Å²) in [7, 11) is 1.28. The molecule has 0 unspecified atom stereocenters. The van der Waals surface area contributed by atoms with Crippen molar-refractivity contribution in [2.45, 2.75) is 6.54 Å². The zero-order valence-electron chi connectivity index (χ0n) is 14.0. The predicted octanol–water partition coefficient (Wildman–Crippen LogP) is 3.81. The van der Waals surface area contributed by atoms with E-state index in [1.807, 2.05) is 0 Å². The first kappa shape index (κ1) is 17.4. The Morgan fingerprint density at radius 1 is 1.26 bits per heavy atom. The number of methoxy groups -OCH3 is 1. The van der Waals surface area contributed by atoms with Crippen molar-refractivity contribution in [2.75, 3.05) is 7.11 Å². The largest absolute Gasteiger partial charge is 0.465 e. The molecule has 4 aromatic rings. The monoisotopic (exact) mass is 401 g/mol. The van der Waals surface area contributed by atoms with Crippen LogP contribution in [-0.4, -0.2) is 29.0 Å². The Bertz CT molecular complexity index is 1180. The fourth-order valence-corrected chi connectivity index (χ4v) is 3.63. The van der Waals surface area contributed by atoms with Crippen LogP contribution < -0.4 is 5.32 Å². The van der Waals surface area contributed by atoms with Gasteiger partial charge in [0.1, 0.15) is 16.9 Å². The van der Waals surface area contributed by atoms with E-state index in [9.17, 15) is 9.59 Å². The number of aromatic nitrogens is 2. The Balaban J connectivity index is 1.60. The Hall–Kier alpha value is -2.97. The first-order valence-corrected chi connectivity index (χ1v) is 9.08. The first-order valence-electron chi connectivity index (χ1n) is 7.82. The second-order valence-corrected chi connectivity index (χ2v) is 6.97. The molecule has 0 atom stereocenters. The summed E-state index contributed by atoms with van der Waals surface area (Å²) in [5, 5.41) is 3.82. The van der Waals surface area contributed by atoms with Crippen LogP contribution in [0.3, 0.4) is 0 Å². The maximum Gasteiger partial charge on any atom is 0.341 e. The van der Waals surface area contributed by atoms with Gasteiger partial charge in [-0.3, -0.25) is 9.78 Å². The lowest BCUT2D eigenvalue weighted by Gasteiger charge is -2.03. The Labute approximate surface area is 161 Å². The van der Waals surface area contributed by atoms with Gasteiger partial charge >= 0.3 is 5.97 Å². The van der Waals surface area contributed by atoms with Crippen LogP contribution in [0.15, 0.2) is 40.5 Å². The highest BCUT2D eigenvalue weighted by molar-refractivity contribution is 7.16. The van der Waals surface area contributed by atoms with Crippen molar-refractivity contribution in [2.24, 2.45) is 0 Å². The molecule has 0 aliphatic rings. The van der Waals surface area contributed by atoms with Crippen LogP contribution in [0.5, 0.6) is 0 Å². The Morgan fingerprint density at radius 2 is 2.11 bits per heavy atom. The van der Waals surface area contributed by atoms with Gasteiger partial charge in [-0.25, -0.2) is 9.78 Å². The van der Waals surface area contributed by atoms with Gasteiger partial charge in [0.25, 0.3) is 5.91 Å². The molecule has 7 nitrogen and oxygen atoms in total. The lowest BCUT2D eigenvalue weighted by Crippen LogP contribution is -2.23. The van der Waals surface area contributed by atoms with Gasteiger partial charge in [-0.1, -0.05) is 11.6 Å². The SMILES string of the molecule is COC(=O)c1cc(Cl)cc2cc(CNC(=O)c3cncc4scnc34)oc12. The van der Waals surface area contributed by atoms with Gasteiger partial charge in [0.15, 0.2) is 0 Å². The number of furan rings is 1.